The van der Waals surface area contributed by atoms with Gasteiger partial charge in [-0.2, -0.15) is 0 Å². The molecule has 0 unspecified atom stereocenters. The maximum absolute atomic E-state index is 13.6. The zero-order valence-electron chi connectivity index (χ0n) is 18.4. The Hall–Kier alpha value is -3.11. The van der Waals surface area contributed by atoms with Crippen LogP contribution in [0.5, 0.6) is 11.5 Å². The van der Waals surface area contributed by atoms with Gasteiger partial charge in [0.2, 0.25) is 0 Å². The van der Waals surface area contributed by atoms with E-state index in [1.807, 2.05) is 0 Å². The summed E-state index contributed by atoms with van der Waals surface area (Å²) in [5, 5.41) is 0. The van der Waals surface area contributed by atoms with E-state index in [1.165, 1.54) is 23.0 Å². The molecule has 3 aromatic rings. The van der Waals surface area contributed by atoms with E-state index in [9.17, 15) is 9.59 Å². The molecular weight excluding hydrogens is 512 g/mol. The molecule has 8 nitrogen and oxygen atoms in total. The summed E-state index contributed by atoms with van der Waals surface area (Å²) in [5.74, 6) is 1.04. The van der Waals surface area contributed by atoms with Gasteiger partial charge >= 0.3 is 5.97 Å². The molecule has 0 saturated carbocycles. The Morgan fingerprint density at radius 2 is 2.06 bits per heavy atom. The summed E-state index contributed by atoms with van der Waals surface area (Å²) in [6.45, 7) is 3.65. The van der Waals surface area contributed by atoms with Crippen LogP contribution in [-0.4, -0.2) is 31.4 Å². The first kappa shape index (κ1) is 23.1. The molecule has 0 amide bonds. The van der Waals surface area contributed by atoms with Crippen molar-refractivity contribution in [2.24, 2.45) is 4.99 Å². The zero-order chi connectivity index (χ0) is 23.7. The molecule has 0 N–H and O–H groups in total. The van der Waals surface area contributed by atoms with Gasteiger partial charge in [0.15, 0.2) is 9.47 Å². The van der Waals surface area contributed by atoms with Crippen molar-refractivity contribution in [3.05, 3.63) is 77.3 Å². The van der Waals surface area contributed by atoms with Crippen molar-refractivity contribution in [2.75, 3.05) is 20.8 Å². The zero-order valence-corrected chi connectivity index (χ0v) is 20.8. The molecule has 1 atom stereocenters. The third-order valence-corrected chi connectivity index (χ3v) is 6.52. The molecular formula is C23H21BrN2O6S. The Morgan fingerprint density at radius 3 is 2.70 bits per heavy atom. The van der Waals surface area contributed by atoms with Gasteiger partial charge in [-0.1, -0.05) is 11.3 Å². The molecule has 10 heteroatoms. The normalized spacial score (nSPS) is 15.8. The van der Waals surface area contributed by atoms with E-state index in [-0.39, 0.29) is 17.7 Å². The third kappa shape index (κ3) is 4.28. The van der Waals surface area contributed by atoms with Gasteiger partial charge in [-0.05, 0) is 60.1 Å². The van der Waals surface area contributed by atoms with Crippen LogP contribution in [0.25, 0.3) is 6.08 Å². The molecule has 3 heterocycles. The number of carbonyl (C=O) groups excluding carboxylic acids is 1. The number of benzene rings is 1. The number of nitrogens with zero attached hydrogens (tertiary/aromatic N) is 2. The fourth-order valence-electron chi connectivity index (χ4n) is 3.67. The van der Waals surface area contributed by atoms with Gasteiger partial charge in [-0.3, -0.25) is 9.36 Å². The van der Waals surface area contributed by atoms with Crippen LogP contribution in [-0.2, 0) is 9.53 Å². The number of methoxy groups -OCH3 is 2. The van der Waals surface area contributed by atoms with Gasteiger partial charge in [0.1, 0.15) is 23.3 Å². The highest BCUT2D eigenvalue weighted by atomic mass is 79.9. The number of hydrogen-bond donors (Lipinski definition) is 0. The van der Waals surface area contributed by atoms with Crippen LogP contribution in [0, 0.1) is 0 Å². The summed E-state index contributed by atoms with van der Waals surface area (Å²) >= 11 is 4.48. The average molecular weight is 533 g/mol. The van der Waals surface area contributed by atoms with E-state index in [0.717, 1.165) is 0 Å². The molecule has 33 heavy (non-hydrogen) atoms. The molecule has 2 aromatic heterocycles. The number of ether oxygens (including phenoxy) is 3. The molecule has 0 bridgehead atoms. The van der Waals surface area contributed by atoms with Crippen LogP contribution in [0.1, 0.15) is 31.2 Å². The topological polar surface area (TPSA) is 92.3 Å². The van der Waals surface area contributed by atoms with Gasteiger partial charge < -0.3 is 18.6 Å². The minimum Gasteiger partial charge on any atom is -0.497 e. The van der Waals surface area contributed by atoms with Crippen molar-refractivity contribution >= 4 is 39.3 Å². The van der Waals surface area contributed by atoms with Gasteiger partial charge in [-0.25, -0.2) is 9.79 Å². The number of fused-ring (bicyclic) bond motifs is 1. The predicted molar refractivity (Wildman–Crippen MR) is 126 cm³/mol. The summed E-state index contributed by atoms with van der Waals surface area (Å²) in [4.78, 5) is 31.6. The second-order valence-electron chi connectivity index (χ2n) is 7.05. The van der Waals surface area contributed by atoms with E-state index >= 15 is 0 Å². The third-order valence-electron chi connectivity index (χ3n) is 5.12. The largest absolute Gasteiger partial charge is 0.497 e. The van der Waals surface area contributed by atoms with E-state index in [2.05, 4.69) is 20.9 Å². The first-order chi connectivity index (χ1) is 15.9. The number of carbonyl (C=O) groups is 1. The van der Waals surface area contributed by atoms with Crippen LogP contribution in [0.4, 0.5) is 0 Å². The Balaban J connectivity index is 2.02. The van der Waals surface area contributed by atoms with Gasteiger partial charge in [0.25, 0.3) is 5.56 Å². The highest BCUT2D eigenvalue weighted by molar-refractivity contribution is 9.10. The fourth-order valence-corrected chi connectivity index (χ4v) is 5.02. The van der Waals surface area contributed by atoms with Gasteiger partial charge in [0.05, 0.1) is 36.6 Å². The monoisotopic (exact) mass is 532 g/mol. The van der Waals surface area contributed by atoms with Crippen molar-refractivity contribution in [2.45, 2.75) is 19.9 Å². The molecule has 0 radical (unpaired) electrons. The Morgan fingerprint density at radius 1 is 1.27 bits per heavy atom. The Kier molecular flexibility index (Phi) is 6.57. The number of thiazole rings is 1. The van der Waals surface area contributed by atoms with Crippen molar-refractivity contribution < 1.29 is 23.4 Å². The second-order valence-corrected chi connectivity index (χ2v) is 8.84. The summed E-state index contributed by atoms with van der Waals surface area (Å²) in [7, 11) is 3.08. The molecule has 4 rings (SSSR count). The maximum atomic E-state index is 13.6. The van der Waals surface area contributed by atoms with E-state index in [0.29, 0.717) is 42.5 Å². The second kappa shape index (κ2) is 9.40. The van der Waals surface area contributed by atoms with Crippen LogP contribution in [0.15, 0.2) is 60.5 Å². The molecule has 0 fully saturated rings. The quantitative estimate of drug-likeness (QED) is 0.452. The molecule has 0 saturated heterocycles. The smallest absolute Gasteiger partial charge is 0.338 e. The minimum atomic E-state index is -0.809. The minimum absolute atomic E-state index is 0.190. The van der Waals surface area contributed by atoms with Crippen LogP contribution >= 0.6 is 27.3 Å². The Bertz CT molecular complexity index is 1430. The van der Waals surface area contributed by atoms with E-state index < -0.39 is 12.0 Å². The average Bonchev–Trinajstić information content (AvgIpc) is 3.34. The summed E-state index contributed by atoms with van der Waals surface area (Å²) in [6.07, 6.45) is 1.65. The number of hydrogen-bond acceptors (Lipinski definition) is 8. The summed E-state index contributed by atoms with van der Waals surface area (Å²) < 4.78 is 24.3. The first-order valence-corrected chi connectivity index (χ1v) is 11.7. The first-order valence-electron chi connectivity index (χ1n) is 10.0. The fraction of sp³-hybridized carbons (Fsp3) is 0.261. The molecule has 0 aliphatic carbocycles. The molecule has 0 spiro atoms. The van der Waals surface area contributed by atoms with Crippen LogP contribution in [0.2, 0.25) is 0 Å². The lowest BCUT2D eigenvalue weighted by Crippen LogP contribution is -2.40. The standard InChI is InChI=1S/C23H21BrN2O6S/c1-5-31-22(28)19-12(2)25-23-26(20(19)15-10-13(29-3)6-8-16(15)30-4)21(27)17(33-23)11-14-7-9-18(24)32-14/h6-11,20H,5H2,1-4H3/b17-11-/t20-/m1/s1. The molecule has 1 aromatic carbocycles. The number of allylic oxidation sites excluding steroid dienone is 1. The van der Waals surface area contributed by atoms with Crippen molar-refractivity contribution in [3.63, 3.8) is 0 Å². The van der Waals surface area contributed by atoms with Gasteiger partial charge in [0, 0.05) is 11.6 Å². The lowest BCUT2D eigenvalue weighted by Gasteiger charge is -2.26. The summed E-state index contributed by atoms with van der Waals surface area (Å²) in [5.41, 5.74) is 1.01. The highest BCUT2D eigenvalue weighted by Gasteiger charge is 2.35. The number of furan rings is 1. The predicted octanol–water partition coefficient (Wildman–Crippen LogP) is 3.17. The highest BCUT2D eigenvalue weighted by Crippen LogP contribution is 2.37. The van der Waals surface area contributed by atoms with E-state index in [4.69, 9.17) is 18.6 Å². The molecule has 172 valence electrons. The SMILES string of the molecule is CCOC(=O)C1=C(C)N=c2s/c(=C\c3ccc(Br)o3)c(=O)n2[C@@H]1c1cc(OC)ccc1OC. The van der Waals surface area contributed by atoms with Gasteiger partial charge in [-0.15, -0.1) is 0 Å². The summed E-state index contributed by atoms with van der Waals surface area (Å²) in [6, 6.07) is 7.93. The van der Waals surface area contributed by atoms with Crippen LogP contribution < -0.4 is 24.4 Å². The Labute approximate surface area is 201 Å². The van der Waals surface area contributed by atoms with Crippen LogP contribution in [0.3, 0.4) is 0 Å². The maximum Gasteiger partial charge on any atom is 0.338 e. The number of aromatic nitrogens is 1. The number of halogens is 1. The lowest BCUT2D eigenvalue weighted by atomic mass is 9.95. The van der Waals surface area contributed by atoms with E-state index in [1.54, 1.807) is 57.4 Å². The molecule has 1 aliphatic heterocycles. The molecule has 1 aliphatic rings. The van der Waals surface area contributed by atoms with Crippen molar-refractivity contribution in [1.29, 1.82) is 0 Å². The number of rotatable bonds is 6. The number of esters is 1. The lowest BCUT2D eigenvalue weighted by molar-refractivity contribution is -0.139. The van der Waals surface area contributed by atoms with Crippen molar-refractivity contribution in [3.8, 4) is 11.5 Å². The van der Waals surface area contributed by atoms with Crippen molar-refractivity contribution in [1.82, 2.24) is 4.57 Å².